The number of nitrogens with zero attached hydrogens (tertiary/aromatic N) is 2. The molecule has 0 aliphatic rings. The SMILES string of the molecule is CCOCCOCC[n+]1ccn(CCP(=O)(OCC)OCC)c1. The van der Waals surface area contributed by atoms with Gasteiger partial charge in [-0.1, -0.05) is 0 Å². The van der Waals surface area contributed by atoms with E-state index in [9.17, 15) is 4.57 Å². The lowest BCUT2D eigenvalue weighted by molar-refractivity contribution is -0.698. The molecule has 0 N–H and O–H groups in total. The number of aromatic nitrogens is 2. The fourth-order valence-corrected chi connectivity index (χ4v) is 3.63. The molecule has 0 amide bonds. The second-order valence-corrected chi connectivity index (χ2v) is 7.05. The summed E-state index contributed by atoms with van der Waals surface area (Å²) in [5.74, 6) is 0. The largest absolute Gasteiger partial charge is 0.379 e. The Morgan fingerprint density at radius 3 is 2.35 bits per heavy atom. The smallest absolute Gasteiger partial charge is 0.334 e. The first-order chi connectivity index (χ1) is 11.1. The number of imidazole rings is 1. The predicted octanol–water partition coefficient (Wildman–Crippen LogP) is 2.09. The second-order valence-electron chi connectivity index (χ2n) is 4.87. The van der Waals surface area contributed by atoms with Crippen molar-refractivity contribution in [3.63, 3.8) is 0 Å². The molecule has 0 unspecified atom stereocenters. The van der Waals surface area contributed by atoms with Gasteiger partial charge in [-0.05, 0) is 20.8 Å². The van der Waals surface area contributed by atoms with Crippen molar-refractivity contribution in [3.8, 4) is 0 Å². The lowest BCUT2D eigenvalue weighted by atomic mass is 10.6. The maximum atomic E-state index is 12.4. The third-order valence-electron chi connectivity index (χ3n) is 3.10. The third kappa shape index (κ3) is 8.63. The summed E-state index contributed by atoms with van der Waals surface area (Å²) in [6.45, 7) is 10.4. The predicted molar refractivity (Wildman–Crippen MR) is 87.7 cm³/mol. The monoisotopic (exact) mass is 349 g/mol. The van der Waals surface area contributed by atoms with Crippen LogP contribution in [0.4, 0.5) is 0 Å². The Morgan fingerprint density at radius 1 is 1.00 bits per heavy atom. The maximum Gasteiger partial charge on any atom is 0.334 e. The fourth-order valence-electron chi connectivity index (χ4n) is 2.04. The van der Waals surface area contributed by atoms with E-state index in [0.717, 1.165) is 6.54 Å². The third-order valence-corrected chi connectivity index (χ3v) is 5.15. The quantitative estimate of drug-likeness (QED) is 0.292. The Morgan fingerprint density at radius 2 is 1.70 bits per heavy atom. The molecular formula is C15H30N2O5P+. The first-order valence-electron chi connectivity index (χ1n) is 8.22. The van der Waals surface area contributed by atoms with Crippen LogP contribution in [-0.4, -0.2) is 50.4 Å². The zero-order chi connectivity index (χ0) is 17.0. The van der Waals surface area contributed by atoms with Crippen LogP contribution in [0, 0.1) is 0 Å². The van der Waals surface area contributed by atoms with E-state index in [2.05, 4.69) is 0 Å². The van der Waals surface area contributed by atoms with Crippen molar-refractivity contribution in [2.45, 2.75) is 33.9 Å². The van der Waals surface area contributed by atoms with Crippen LogP contribution in [-0.2, 0) is 36.2 Å². The van der Waals surface area contributed by atoms with Crippen LogP contribution in [0.3, 0.4) is 0 Å². The van der Waals surface area contributed by atoms with Gasteiger partial charge in [-0.2, -0.15) is 0 Å². The average molecular weight is 349 g/mol. The van der Waals surface area contributed by atoms with Crippen molar-refractivity contribution < 1.29 is 27.7 Å². The van der Waals surface area contributed by atoms with Crippen LogP contribution in [0.15, 0.2) is 18.7 Å². The molecule has 1 aromatic rings. The highest BCUT2D eigenvalue weighted by Crippen LogP contribution is 2.47. The van der Waals surface area contributed by atoms with Gasteiger partial charge in [-0.15, -0.1) is 0 Å². The van der Waals surface area contributed by atoms with Crippen LogP contribution in [0.1, 0.15) is 20.8 Å². The number of aryl methyl sites for hydroxylation is 1. The fraction of sp³-hybridized carbons (Fsp3) is 0.800. The van der Waals surface area contributed by atoms with Crippen molar-refractivity contribution >= 4 is 7.60 Å². The number of ether oxygens (including phenoxy) is 2. The van der Waals surface area contributed by atoms with Crippen molar-refractivity contribution in [2.75, 3.05) is 45.8 Å². The summed E-state index contributed by atoms with van der Waals surface area (Å²) in [5, 5.41) is 0. The Labute approximate surface area is 139 Å². The normalized spacial score (nSPS) is 12.0. The first-order valence-corrected chi connectivity index (χ1v) is 9.94. The van der Waals surface area contributed by atoms with E-state index in [1.807, 2.05) is 48.6 Å². The van der Waals surface area contributed by atoms with E-state index in [4.69, 9.17) is 18.5 Å². The van der Waals surface area contributed by atoms with Crippen LogP contribution in [0.2, 0.25) is 0 Å². The van der Waals surface area contributed by atoms with E-state index in [1.165, 1.54) is 0 Å². The van der Waals surface area contributed by atoms with Gasteiger partial charge in [0.25, 0.3) is 0 Å². The molecule has 134 valence electrons. The van der Waals surface area contributed by atoms with Crippen molar-refractivity contribution in [1.29, 1.82) is 0 Å². The molecule has 7 nitrogen and oxygen atoms in total. The van der Waals surface area contributed by atoms with Crippen molar-refractivity contribution in [1.82, 2.24) is 4.57 Å². The van der Waals surface area contributed by atoms with E-state index >= 15 is 0 Å². The Hall–Kier alpha value is -0.720. The van der Waals surface area contributed by atoms with Crippen LogP contribution >= 0.6 is 7.60 Å². The van der Waals surface area contributed by atoms with Gasteiger partial charge >= 0.3 is 7.60 Å². The molecule has 0 aliphatic heterocycles. The number of rotatable bonds is 14. The molecule has 0 radical (unpaired) electrons. The molecule has 1 rings (SSSR count). The summed E-state index contributed by atoms with van der Waals surface area (Å²) in [7, 11) is -2.98. The van der Waals surface area contributed by atoms with Crippen molar-refractivity contribution in [3.05, 3.63) is 18.7 Å². The molecule has 0 aliphatic carbocycles. The minimum Gasteiger partial charge on any atom is -0.379 e. The zero-order valence-corrected chi connectivity index (χ0v) is 15.4. The molecule has 1 aromatic heterocycles. The Kier molecular flexibility index (Phi) is 10.4. The summed E-state index contributed by atoms with van der Waals surface area (Å²) in [6.07, 6.45) is 6.25. The van der Waals surface area contributed by atoms with Gasteiger partial charge in [0, 0.05) is 6.61 Å². The Bertz CT molecular complexity index is 456. The van der Waals surface area contributed by atoms with E-state index in [0.29, 0.717) is 52.3 Å². The van der Waals surface area contributed by atoms with E-state index in [1.54, 1.807) is 0 Å². The van der Waals surface area contributed by atoms with Crippen LogP contribution in [0.25, 0.3) is 0 Å². The summed E-state index contributed by atoms with van der Waals surface area (Å²) in [5.41, 5.74) is 0. The highest BCUT2D eigenvalue weighted by atomic mass is 31.2. The topological polar surface area (TPSA) is 62.8 Å². The number of hydrogen-bond acceptors (Lipinski definition) is 5. The summed E-state index contributed by atoms with van der Waals surface area (Å²) >= 11 is 0. The minimum absolute atomic E-state index is 0.369. The molecular weight excluding hydrogens is 319 g/mol. The standard InChI is InChI=1S/C15H30N2O5P/c1-4-19-12-13-20-11-9-16-7-8-17(15-16)10-14-23(18,21-5-2)22-6-3/h7-8,15H,4-6,9-14H2,1-3H3/q+1. The van der Waals surface area contributed by atoms with Gasteiger partial charge in [-0.3, -0.25) is 4.57 Å². The lowest BCUT2D eigenvalue weighted by Crippen LogP contribution is -2.34. The lowest BCUT2D eigenvalue weighted by Gasteiger charge is -2.15. The molecule has 8 heteroatoms. The number of hydrogen-bond donors (Lipinski definition) is 0. The maximum absolute atomic E-state index is 12.4. The minimum atomic E-state index is -2.98. The molecule has 0 atom stereocenters. The molecule has 0 saturated heterocycles. The van der Waals surface area contributed by atoms with Crippen LogP contribution in [0.5, 0.6) is 0 Å². The van der Waals surface area contributed by atoms with Gasteiger partial charge in [0.15, 0.2) is 0 Å². The van der Waals surface area contributed by atoms with Crippen molar-refractivity contribution in [2.24, 2.45) is 0 Å². The Balaban J connectivity index is 2.31. The van der Waals surface area contributed by atoms with Gasteiger partial charge in [-0.25, -0.2) is 9.13 Å². The summed E-state index contributed by atoms with van der Waals surface area (Å²) in [4.78, 5) is 0. The molecule has 0 spiro atoms. The van der Waals surface area contributed by atoms with Gasteiger partial charge in [0.1, 0.15) is 25.5 Å². The summed E-state index contributed by atoms with van der Waals surface area (Å²) in [6, 6.07) is 0. The van der Waals surface area contributed by atoms with E-state index in [-0.39, 0.29) is 0 Å². The highest BCUT2D eigenvalue weighted by molar-refractivity contribution is 7.53. The van der Waals surface area contributed by atoms with Gasteiger partial charge < -0.3 is 18.5 Å². The first kappa shape index (κ1) is 20.3. The molecule has 0 fully saturated rings. The second kappa shape index (κ2) is 11.8. The summed E-state index contributed by atoms with van der Waals surface area (Å²) < 4.78 is 37.7. The molecule has 0 aromatic carbocycles. The molecule has 0 bridgehead atoms. The molecule has 0 saturated carbocycles. The van der Waals surface area contributed by atoms with Crippen LogP contribution < -0.4 is 4.57 Å². The molecule has 23 heavy (non-hydrogen) atoms. The van der Waals surface area contributed by atoms with E-state index < -0.39 is 7.60 Å². The highest BCUT2D eigenvalue weighted by Gasteiger charge is 2.24. The van der Waals surface area contributed by atoms with Gasteiger partial charge in [0.05, 0.1) is 39.2 Å². The van der Waals surface area contributed by atoms with Gasteiger partial charge in [0.2, 0.25) is 6.33 Å². The average Bonchev–Trinajstić information content (AvgIpc) is 2.97. The zero-order valence-electron chi connectivity index (χ0n) is 14.5. The molecule has 1 heterocycles.